The van der Waals surface area contributed by atoms with Crippen LogP contribution in [0.2, 0.25) is 0 Å². The van der Waals surface area contributed by atoms with Gasteiger partial charge >= 0.3 is 0 Å². The molecule has 0 aromatic heterocycles. The van der Waals surface area contributed by atoms with Crippen molar-refractivity contribution in [3.63, 3.8) is 0 Å². The highest BCUT2D eigenvalue weighted by Crippen LogP contribution is 2.36. The van der Waals surface area contributed by atoms with Gasteiger partial charge in [-0.25, -0.2) is 0 Å². The highest BCUT2D eigenvalue weighted by Gasteiger charge is 2.31. The summed E-state index contributed by atoms with van der Waals surface area (Å²) >= 11 is 2.12. The third kappa shape index (κ3) is 2.92. The Kier molecular flexibility index (Phi) is 4.34. The number of fused-ring (bicyclic) bond motifs is 1. The molecule has 104 valence electrons. The molecule has 0 spiro atoms. The van der Waals surface area contributed by atoms with Gasteiger partial charge in [0.2, 0.25) is 0 Å². The fourth-order valence-corrected chi connectivity index (χ4v) is 4.51. The first-order chi connectivity index (χ1) is 9.38. The Morgan fingerprint density at radius 3 is 3.05 bits per heavy atom. The van der Waals surface area contributed by atoms with E-state index >= 15 is 0 Å². The summed E-state index contributed by atoms with van der Waals surface area (Å²) in [5, 5.41) is 4.71. The van der Waals surface area contributed by atoms with Gasteiger partial charge in [0.1, 0.15) is 5.75 Å². The largest absolute Gasteiger partial charge is 0.493 e. The topological polar surface area (TPSA) is 21.3 Å². The van der Waals surface area contributed by atoms with Crippen molar-refractivity contribution in [3.8, 4) is 5.75 Å². The van der Waals surface area contributed by atoms with Gasteiger partial charge in [-0.05, 0) is 24.7 Å². The predicted octanol–water partition coefficient (Wildman–Crippen LogP) is 3.77. The highest BCUT2D eigenvalue weighted by molar-refractivity contribution is 7.99. The zero-order valence-electron chi connectivity index (χ0n) is 11.6. The van der Waals surface area contributed by atoms with E-state index in [0.29, 0.717) is 12.1 Å². The highest BCUT2D eigenvalue weighted by atomic mass is 32.2. The molecule has 0 saturated heterocycles. The minimum absolute atomic E-state index is 0.480. The number of thioether (sulfide) groups is 1. The minimum atomic E-state index is 0.480. The molecular weight excluding hydrogens is 254 g/mol. The Labute approximate surface area is 120 Å². The molecule has 1 aromatic carbocycles. The second-order valence-corrected chi connectivity index (χ2v) is 6.94. The zero-order valence-corrected chi connectivity index (χ0v) is 12.4. The van der Waals surface area contributed by atoms with E-state index in [1.165, 1.54) is 30.6 Å². The summed E-state index contributed by atoms with van der Waals surface area (Å²) in [6.07, 6.45) is 5.18. The van der Waals surface area contributed by atoms with Crippen LogP contribution in [0.25, 0.3) is 0 Å². The van der Waals surface area contributed by atoms with E-state index in [4.69, 9.17) is 4.74 Å². The average Bonchev–Trinajstić information content (AvgIpc) is 2.87. The molecule has 0 bridgehead atoms. The SMILES string of the molecule is CCSC1CCCC1NC1CCOc2ccccc21. The maximum atomic E-state index is 5.75. The molecule has 0 radical (unpaired) electrons. The fourth-order valence-electron chi connectivity index (χ4n) is 3.30. The second kappa shape index (κ2) is 6.19. The van der Waals surface area contributed by atoms with Crippen LogP contribution >= 0.6 is 11.8 Å². The predicted molar refractivity (Wildman–Crippen MR) is 82.0 cm³/mol. The summed E-state index contributed by atoms with van der Waals surface area (Å²) in [7, 11) is 0. The standard InChI is InChI=1S/C16H23NOS/c1-2-19-16-9-5-7-14(16)17-13-10-11-18-15-8-4-3-6-12(13)15/h3-4,6,8,13-14,16-17H,2,5,7,9-11H2,1H3. The third-order valence-electron chi connectivity index (χ3n) is 4.21. The molecule has 3 rings (SSSR count). The van der Waals surface area contributed by atoms with E-state index in [1.54, 1.807) is 0 Å². The summed E-state index contributed by atoms with van der Waals surface area (Å²) in [6.45, 7) is 3.11. The third-order valence-corrected chi connectivity index (χ3v) is 5.53. The number of benzene rings is 1. The molecule has 1 saturated carbocycles. The number of hydrogen-bond acceptors (Lipinski definition) is 3. The van der Waals surface area contributed by atoms with Crippen LogP contribution in [0.5, 0.6) is 5.75 Å². The Bertz CT molecular complexity index is 423. The van der Waals surface area contributed by atoms with E-state index in [0.717, 1.165) is 24.0 Å². The number of nitrogens with one attached hydrogen (secondary N) is 1. The Morgan fingerprint density at radius 2 is 2.16 bits per heavy atom. The van der Waals surface area contributed by atoms with Crippen LogP contribution in [0.15, 0.2) is 24.3 Å². The maximum absolute atomic E-state index is 5.75. The van der Waals surface area contributed by atoms with Gasteiger partial charge in [-0.1, -0.05) is 31.5 Å². The van der Waals surface area contributed by atoms with Gasteiger partial charge in [-0.3, -0.25) is 0 Å². The molecule has 1 N–H and O–H groups in total. The van der Waals surface area contributed by atoms with Crippen molar-refractivity contribution in [3.05, 3.63) is 29.8 Å². The smallest absolute Gasteiger partial charge is 0.124 e. The van der Waals surface area contributed by atoms with Gasteiger partial charge < -0.3 is 10.1 Å². The Balaban J connectivity index is 1.70. The van der Waals surface area contributed by atoms with Crippen LogP contribution in [0.4, 0.5) is 0 Å². The van der Waals surface area contributed by atoms with Gasteiger partial charge in [0.25, 0.3) is 0 Å². The first kappa shape index (κ1) is 13.3. The van der Waals surface area contributed by atoms with E-state index in [1.807, 2.05) is 0 Å². The van der Waals surface area contributed by atoms with E-state index in [2.05, 4.69) is 48.3 Å². The lowest BCUT2D eigenvalue weighted by Crippen LogP contribution is -2.39. The first-order valence-electron chi connectivity index (χ1n) is 7.48. The molecule has 1 fully saturated rings. The summed E-state index contributed by atoms with van der Waals surface area (Å²) in [5.41, 5.74) is 1.35. The normalized spacial score (nSPS) is 29.8. The summed E-state index contributed by atoms with van der Waals surface area (Å²) < 4.78 is 5.75. The molecule has 0 amide bonds. The first-order valence-corrected chi connectivity index (χ1v) is 8.52. The maximum Gasteiger partial charge on any atom is 0.124 e. The number of ether oxygens (including phenoxy) is 1. The summed E-state index contributed by atoms with van der Waals surface area (Å²) in [6, 6.07) is 9.65. The fraction of sp³-hybridized carbons (Fsp3) is 0.625. The van der Waals surface area contributed by atoms with Crippen LogP contribution in [0.3, 0.4) is 0 Å². The van der Waals surface area contributed by atoms with Crippen LogP contribution in [-0.4, -0.2) is 23.7 Å². The summed E-state index contributed by atoms with van der Waals surface area (Å²) in [4.78, 5) is 0. The Morgan fingerprint density at radius 1 is 1.26 bits per heavy atom. The van der Waals surface area contributed by atoms with Gasteiger partial charge in [-0.2, -0.15) is 11.8 Å². The van der Waals surface area contributed by atoms with Gasteiger partial charge in [0, 0.05) is 29.3 Å². The van der Waals surface area contributed by atoms with Crippen LogP contribution in [0.1, 0.15) is 44.2 Å². The molecule has 1 heterocycles. The number of hydrogen-bond donors (Lipinski definition) is 1. The lowest BCUT2D eigenvalue weighted by atomic mass is 9.99. The van der Waals surface area contributed by atoms with Crippen molar-refractivity contribution in [2.45, 2.75) is 49.9 Å². The Hall–Kier alpha value is -0.670. The molecule has 1 aliphatic heterocycles. The van der Waals surface area contributed by atoms with Crippen molar-refractivity contribution >= 4 is 11.8 Å². The molecule has 1 aromatic rings. The lowest BCUT2D eigenvalue weighted by molar-refractivity contribution is 0.244. The molecule has 2 aliphatic rings. The van der Waals surface area contributed by atoms with Gasteiger partial charge in [-0.15, -0.1) is 0 Å². The molecule has 19 heavy (non-hydrogen) atoms. The minimum Gasteiger partial charge on any atom is -0.493 e. The van der Waals surface area contributed by atoms with Crippen molar-refractivity contribution in [2.24, 2.45) is 0 Å². The van der Waals surface area contributed by atoms with Crippen LogP contribution in [0, 0.1) is 0 Å². The quantitative estimate of drug-likeness (QED) is 0.905. The molecular formula is C16H23NOS. The van der Waals surface area contributed by atoms with Crippen molar-refractivity contribution in [1.29, 1.82) is 0 Å². The monoisotopic (exact) mass is 277 g/mol. The van der Waals surface area contributed by atoms with E-state index in [-0.39, 0.29) is 0 Å². The number of rotatable bonds is 4. The van der Waals surface area contributed by atoms with Crippen molar-refractivity contribution in [1.82, 2.24) is 5.32 Å². The molecule has 3 unspecified atom stereocenters. The average molecular weight is 277 g/mol. The van der Waals surface area contributed by atoms with Crippen molar-refractivity contribution < 1.29 is 4.74 Å². The lowest BCUT2D eigenvalue weighted by Gasteiger charge is -2.31. The second-order valence-electron chi connectivity index (χ2n) is 5.43. The molecule has 3 atom stereocenters. The number of para-hydroxylation sites is 1. The molecule has 2 nitrogen and oxygen atoms in total. The molecule has 3 heteroatoms. The van der Waals surface area contributed by atoms with Gasteiger partial charge in [0.15, 0.2) is 0 Å². The summed E-state index contributed by atoms with van der Waals surface area (Å²) in [5.74, 6) is 2.30. The zero-order chi connectivity index (χ0) is 13.1. The van der Waals surface area contributed by atoms with E-state index in [9.17, 15) is 0 Å². The van der Waals surface area contributed by atoms with Crippen LogP contribution in [-0.2, 0) is 0 Å². The van der Waals surface area contributed by atoms with E-state index < -0.39 is 0 Å². The van der Waals surface area contributed by atoms with Crippen molar-refractivity contribution in [2.75, 3.05) is 12.4 Å². The molecule has 1 aliphatic carbocycles. The van der Waals surface area contributed by atoms with Gasteiger partial charge in [0.05, 0.1) is 6.61 Å². The van der Waals surface area contributed by atoms with Crippen LogP contribution < -0.4 is 10.1 Å².